The maximum absolute atomic E-state index is 12.8. The molecule has 2 heterocycles. The third-order valence-electron chi connectivity index (χ3n) is 3.30. The van der Waals surface area contributed by atoms with Crippen LogP contribution in [-0.4, -0.2) is 11.6 Å². The van der Waals surface area contributed by atoms with Crippen molar-refractivity contribution in [1.29, 1.82) is 5.26 Å². The van der Waals surface area contributed by atoms with Crippen molar-refractivity contribution in [1.82, 2.24) is 4.98 Å². The van der Waals surface area contributed by atoms with Crippen LogP contribution in [0.25, 0.3) is 0 Å². The molecule has 3 rings (SSSR count). The Morgan fingerprint density at radius 3 is 2.77 bits per heavy atom. The number of pyridine rings is 1. The van der Waals surface area contributed by atoms with Crippen LogP contribution in [0.3, 0.4) is 0 Å². The maximum atomic E-state index is 12.8. The highest BCUT2D eigenvalue weighted by Gasteiger charge is 2.33. The Hall–Kier alpha value is -2.75. The number of nitrogens with zero attached hydrogens (tertiary/aromatic N) is 2. The highest BCUT2D eigenvalue weighted by atomic mass is 19.4. The number of hydrogen-bond donors (Lipinski definition) is 1. The normalized spacial score (nSPS) is 13.2. The molecule has 0 aliphatic carbocycles. The summed E-state index contributed by atoms with van der Waals surface area (Å²) >= 11 is 0. The number of ether oxygens (including phenoxy) is 1. The van der Waals surface area contributed by atoms with Crippen LogP contribution >= 0.6 is 0 Å². The van der Waals surface area contributed by atoms with Crippen LogP contribution in [0.2, 0.25) is 0 Å². The van der Waals surface area contributed by atoms with Crippen molar-refractivity contribution >= 4 is 11.5 Å². The predicted molar refractivity (Wildman–Crippen MR) is 72.9 cm³/mol. The summed E-state index contributed by atoms with van der Waals surface area (Å²) in [7, 11) is 0. The Kier molecular flexibility index (Phi) is 3.37. The van der Waals surface area contributed by atoms with Crippen LogP contribution in [0, 0.1) is 11.3 Å². The molecular formula is C15H10F3N3O. The van der Waals surface area contributed by atoms with Crippen molar-refractivity contribution in [3.63, 3.8) is 0 Å². The Morgan fingerprint density at radius 1 is 1.23 bits per heavy atom. The van der Waals surface area contributed by atoms with E-state index in [9.17, 15) is 13.2 Å². The fourth-order valence-electron chi connectivity index (χ4n) is 2.27. The third kappa shape index (κ3) is 2.55. The molecule has 22 heavy (non-hydrogen) atoms. The molecule has 1 aliphatic rings. The molecule has 0 fully saturated rings. The van der Waals surface area contributed by atoms with Crippen LogP contribution in [0.4, 0.5) is 24.7 Å². The molecule has 4 nitrogen and oxygen atoms in total. The van der Waals surface area contributed by atoms with Crippen LogP contribution in [0.15, 0.2) is 30.3 Å². The van der Waals surface area contributed by atoms with Crippen LogP contribution in [-0.2, 0) is 12.6 Å². The van der Waals surface area contributed by atoms with Gasteiger partial charge in [0.1, 0.15) is 23.3 Å². The molecule has 7 heteroatoms. The van der Waals surface area contributed by atoms with E-state index in [1.807, 2.05) is 6.07 Å². The Labute approximate surface area is 124 Å². The molecule has 0 radical (unpaired) electrons. The number of nitrogens with one attached hydrogen (secondary N) is 1. The zero-order valence-corrected chi connectivity index (χ0v) is 11.2. The monoisotopic (exact) mass is 305 g/mol. The Bertz CT molecular complexity index is 766. The summed E-state index contributed by atoms with van der Waals surface area (Å²) in [5.41, 5.74) is 0.464. The summed E-state index contributed by atoms with van der Waals surface area (Å²) in [6, 6.07) is 8.98. The molecule has 0 spiro atoms. The van der Waals surface area contributed by atoms with Gasteiger partial charge in [-0.05, 0) is 24.3 Å². The molecule has 1 aromatic heterocycles. The molecule has 0 saturated carbocycles. The highest BCUT2D eigenvalue weighted by molar-refractivity contribution is 5.68. The zero-order chi connectivity index (χ0) is 15.7. The smallest absolute Gasteiger partial charge is 0.433 e. The number of benzene rings is 1. The van der Waals surface area contributed by atoms with E-state index in [1.165, 1.54) is 0 Å². The van der Waals surface area contributed by atoms with E-state index in [0.717, 1.165) is 17.7 Å². The second kappa shape index (κ2) is 5.22. The van der Waals surface area contributed by atoms with Crippen molar-refractivity contribution in [2.45, 2.75) is 12.6 Å². The molecular weight excluding hydrogens is 295 g/mol. The third-order valence-corrected chi connectivity index (χ3v) is 3.30. The van der Waals surface area contributed by atoms with Crippen molar-refractivity contribution in [2.24, 2.45) is 0 Å². The van der Waals surface area contributed by atoms with E-state index in [0.29, 0.717) is 24.5 Å². The van der Waals surface area contributed by atoms with Crippen LogP contribution in [0.5, 0.6) is 5.75 Å². The van der Waals surface area contributed by atoms with Gasteiger partial charge in [-0.15, -0.1) is 0 Å². The summed E-state index contributed by atoms with van der Waals surface area (Å²) in [5.74, 6) is 0.577. The number of anilines is 2. The minimum Gasteiger partial charge on any atom is -0.493 e. The average molecular weight is 305 g/mol. The van der Waals surface area contributed by atoms with Gasteiger partial charge in [-0.1, -0.05) is 6.07 Å². The number of halogens is 3. The molecule has 112 valence electrons. The first-order chi connectivity index (χ1) is 10.5. The van der Waals surface area contributed by atoms with E-state index in [1.54, 1.807) is 18.2 Å². The van der Waals surface area contributed by atoms with Gasteiger partial charge in [0.15, 0.2) is 0 Å². The first-order valence-corrected chi connectivity index (χ1v) is 6.49. The van der Waals surface area contributed by atoms with Gasteiger partial charge in [-0.2, -0.15) is 18.4 Å². The number of fused-ring (bicyclic) bond motifs is 1. The van der Waals surface area contributed by atoms with E-state index in [-0.39, 0.29) is 11.4 Å². The van der Waals surface area contributed by atoms with Gasteiger partial charge in [0.05, 0.1) is 12.2 Å². The minimum absolute atomic E-state index is 0.0459. The Morgan fingerprint density at radius 2 is 2.05 bits per heavy atom. The number of aromatic nitrogens is 1. The van der Waals surface area contributed by atoms with Crippen LogP contribution < -0.4 is 10.1 Å². The first kappa shape index (κ1) is 14.2. The minimum atomic E-state index is -4.56. The van der Waals surface area contributed by atoms with Gasteiger partial charge in [0.2, 0.25) is 0 Å². The lowest BCUT2D eigenvalue weighted by atomic mass is 10.1. The lowest BCUT2D eigenvalue weighted by Gasteiger charge is -2.13. The van der Waals surface area contributed by atoms with E-state index in [4.69, 9.17) is 10.00 Å². The summed E-state index contributed by atoms with van der Waals surface area (Å²) in [6.07, 6.45) is -3.91. The molecule has 1 N–H and O–H groups in total. The molecule has 2 aromatic rings. The highest BCUT2D eigenvalue weighted by Crippen LogP contribution is 2.34. The summed E-state index contributed by atoms with van der Waals surface area (Å²) < 4.78 is 43.7. The van der Waals surface area contributed by atoms with Crippen molar-refractivity contribution in [2.75, 3.05) is 11.9 Å². The van der Waals surface area contributed by atoms with Gasteiger partial charge in [0.25, 0.3) is 0 Å². The SMILES string of the molecule is N#Cc1ccc(C(F)(F)F)nc1Nc1cccc2c1CCO2. The summed E-state index contributed by atoms with van der Waals surface area (Å²) in [4.78, 5) is 3.54. The topological polar surface area (TPSA) is 57.9 Å². The molecule has 1 aliphatic heterocycles. The molecule has 0 amide bonds. The quantitative estimate of drug-likeness (QED) is 0.920. The number of hydrogen-bond acceptors (Lipinski definition) is 4. The number of alkyl halides is 3. The van der Waals surface area contributed by atoms with Gasteiger partial charge in [-0.3, -0.25) is 0 Å². The lowest BCUT2D eigenvalue weighted by Crippen LogP contribution is -2.10. The number of nitriles is 1. The van der Waals surface area contributed by atoms with E-state index >= 15 is 0 Å². The second-order valence-corrected chi connectivity index (χ2v) is 4.71. The van der Waals surface area contributed by atoms with Gasteiger partial charge in [-0.25, -0.2) is 4.98 Å². The average Bonchev–Trinajstić information content (AvgIpc) is 2.96. The zero-order valence-electron chi connectivity index (χ0n) is 11.2. The largest absolute Gasteiger partial charge is 0.493 e. The molecule has 0 unspecified atom stereocenters. The lowest BCUT2D eigenvalue weighted by molar-refractivity contribution is -0.141. The first-order valence-electron chi connectivity index (χ1n) is 6.49. The van der Waals surface area contributed by atoms with Gasteiger partial charge >= 0.3 is 6.18 Å². The number of rotatable bonds is 2. The van der Waals surface area contributed by atoms with Crippen molar-refractivity contribution in [3.05, 3.63) is 47.2 Å². The fraction of sp³-hybridized carbons (Fsp3) is 0.200. The van der Waals surface area contributed by atoms with Gasteiger partial charge in [0, 0.05) is 17.7 Å². The predicted octanol–water partition coefficient (Wildman–Crippen LogP) is 3.65. The molecule has 1 aromatic carbocycles. The van der Waals surface area contributed by atoms with Gasteiger partial charge < -0.3 is 10.1 Å². The van der Waals surface area contributed by atoms with Crippen LogP contribution in [0.1, 0.15) is 16.8 Å². The standard InChI is InChI=1S/C15H10F3N3O/c16-15(17,18)13-5-4-9(8-19)14(21-13)20-11-2-1-3-12-10(11)6-7-22-12/h1-5H,6-7H2,(H,20,21). The van der Waals surface area contributed by atoms with Crippen molar-refractivity contribution in [3.8, 4) is 11.8 Å². The Balaban J connectivity index is 2.02. The van der Waals surface area contributed by atoms with E-state index in [2.05, 4.69) is 10.3 Å². The van der Waals surface area contributed by atoms with Crippen molar-refractivity contribution < 1.29 is 17.9 Å². The second-order valence-electron chi connectivity index (χ2n) is 4.71. The molecule has 0 bridgehead atoms. The maximum Gasteiger partial charge on any atom is 0.433 e. The molecule has 0 atom stereocenters. The fourth-order valence-corrected chi connectivity index (χ4v) is 2.27. The summed E-state index contributed by atoms with van der Waals surface area (Å²) in [6.45, 7) is 0.523. The van der Waals surface area contributed by atoms with E-state index < -0.39 is 11.9 Å². The molecule has 0 saturated heterocycles. The summed E-state index contributed by atoms with van der Waals surface area (Å²) in [5, 5.41) is 11.9.